The van der Waals surface area contributed by atoms with Crippen LogP contribution in [-0.2, 0) is 4.74 Å². The van der Waals surface area contributed by atoms with Gasteiger partial charge in [0.25, 0.3) is 0 Å². The van der Waals surface area contributed by atoms with Gasteiger partial charge in [-0.2, -0.15) is 4.98 Å². The van der Waals surface area contributed by atoms with Gasteiger partial charge in [-0.15, -0.1) is 0 Å². The molecular formula is C12H20N4O. The quantitative estimate of drug-likeness (QED) is 0.833. The Labute approximate surface area is 102 Å². The van der Waals surface area contributed by atoms with E-state index < -0.39 is 0 Å². The van der Waals surface area contributed by atoms with Gasteiger partial charge in [0.05, 0.1) is 6.10 Å². The Bertz CT molecular complexity index is 419. The van der Waals surface area contributed by atoms with E-state index in [2.05, 4.69) is 29.1 Å². The second-order valence-corrected chi connectivity index (χ2v) is 5.24. The molecule has 3 N–H and O–H groups in total. The van der Waals surface area contributed by atoms with Gasteiger partial charge in [-0.3, -0.25) is 0 Å². The van der Waals surface area contributed by atoms with Gasteiger partial charge in [-0.25, -0.2) is 4.98 Å². The number of methoxy groups -OCH3 is 1. The summed E-state index contributed by atoms with van der Waals surface area (Å²) >= 11 is 0. The Hall–Kier alpha value is -1.36. The number of nitrogen functional groups attached to an aromatic ring is 1. The normalized spacial score (nSPS) is 26.4. The van der Waals surface area contributed by atoms with Crippen LogP contribution >= 0.6 is 0 Å². The maximum absolute atomic E-state index is 5.60. The molecule has 5 nitrogen and oxygen atoms in total. The average Bonchev–Trinajstić information content (AvgIpc) is 2.28. The number of ether oxygens (including phenoxy) is 1. The Kier molecular flexibility index (Phi) is 2.95. The second kappa shape index (κ2) is 4.14. The summed E-state index contributed by atoms with van der Waals surface area (Å²) < 4.78 is 5.43. The molecule has 0 radical (unpaired) electrons. The molecular weight excluding hydrogens is 216 g/mol. The van der Waals surface area contributed by atoms with Crippen molar-refractivity contribution in [3.05, 3.63) is 11.8 Å². The molecule has 1 aliphatic carbocycles. The number of hydrogen-bond donors (Lipinski definition) is 2. The number of nitrogens with zero attached hydrogens (tertiary/aromatic N) is 2. The lowest BCUT2D eigenvalue weighted by Gasteiger charge is -2.51. The maximum atomic E-state index is 5.60. The first kappa shape index (κ1) is 12.1. The number of rotatable bonds is 3. The van der Waals surface area contributed by atoms with E-state index in [-0.39, 0.29) is 5.41 Å². The SMILES string of the molecule is COC1CC(Nc2nc(N)ncc2C)C1(C)C. The van der Waals surface area contributed by atoms with Gasteiger partial charge >= 0.3 is 0 Å². The summed E-state index contributed by atoms with van der Waals surface area (Å²) in [6.07, 6.45) is 3.04. The van der Waals surface area contributed by atoms with Gasteiger partial charge in [0.2, 0.25) is 5.95 Å². The Balaban J connectivity index is 2.10. The lowest BCUT2D eigenvalue weighted by atomic mass is 9.64. The van der Waals surface area contributed by atoms with E-state index in [4.69, 9.17) is 10.5 Å². The van der Waals surface area contributed by atoms with E-state index in [0.29, 0.717) is 18.1 Å². The number of nitrogens with two attached hydrogens (primary N) is 1. The van der Waals surface area contributed by atoms with Gasteiger partial charge in [0, 0.05) is 30.3 Å². The molecule has 0 aromatic carbocycles. The topological polar surface area (TPSA) is 73.1 Å². The zero-order chi connectivity index (χ0) is 12.6. The summed E-state index contributed by atoms with van der Waals surface area (Å²) in [5.74, 6) is 1.13. The zero-order valence-electron chi connectivity index (χ0n) is 10.8. The molecule has 1 aromatic rings. The molecule has 2 atom stereocenters. The highest BCUT2D eigenvalue weighted by atomic mass is 16.5. The van der Waals surface area contributed by atoms with Crippen LogP contribution in [0.25, 0.3) is 0 Å². The van der Waals surface area contributed by atoms with E-state index in [1.165, 1.54) is 0 Å². The first-order valence-corrected chi connectivity index (χ1v) is 5.83. The molecule has 0 saturated heterocycles. The molecule has 0 spiro atoms. The van der Waals surface area contributed by atoms with Crippen molar-refractivity contribution < 1.29 is 4.74 Å². The van der Waals surface area contributed by atoms with Crippen molar-refractivity contribution in [3.63, 3.8) is 0 Å². The Morgan fingerprint density at radius 1 is 1.53 bits per heavy atom. The summed E-state index contributed by atoms with van der Waals surface area (Å²) in [5.41, 5.74) is 6.72. The molecule has 1 heterocycles. The minimum atomic E-state index is 0.112. The molecule has 2 rings (SSSR count). The van der Waals surface area contributed by atoms with Gasteiger partial charge in [0.1, 0.15) is 5.82 Å². The van der Waals surface area contributed by atoms with Gasteiger partial charge in [0.15, 0.2) is 0 Å². The third kappa shape index (κ3) is 2.07. The van der Waals surface area contributed by atoms with Crippen LogP contribution in [0.2, 0.25) is 0 Å². The van der Waals surface area contributed by atoms with Crippen molar-refractivity contribution in [2.24, 2.45) is 5.41 Å². The smallest absolute Gasteiger partial charge is 0.221 e. The van der Waals surface area contributed by atoms with Crippen molar-refractivity contribution in [1.29, 1.82) is 0 Å². The van der Waals surface area contributed by atoms with Crippen molar-refractivity contribution in [1.82, 2.24) is 9.97 Å². The lowest BCUT2D eigenvalue weighted by molar-refractivity contribution is -0.0795. The predicted molar refractivity (Wildman–Crippen MR) is 67.8 cm³/mol. The molecule has 17 heavy (non-hydrogen) atoms. The van der Waals surface area contributed by atoms with Crippen molar-refractivity contribution in [3.8, 4) is 0 Å². The van der Waals surface area contributed by atoms with Crippen LogP contribution in [0, 0.1) is 12.3 Å². The van der Waals surface area contributed by atoms with Crippen LogP contribution in [0.5, 0.6) is 0 Å². The van der Waals surface area contributed by atoms with Crippen molar-refractivity contribution >= 4 is 11.8 Å². The van der Waals surface area contributed by atoms with Crippen LogP contribution in [0.4, 0.5) is 11.8 Å². The predicted octanol–water partition coefficient (Wildman–Crippen LogP) is 1.59. The van der Waals surface area contributed by atoms with Crippen LogP contribution in [-0.4, -0.2) is 29.2 Å². The fourth-order valence-electron chi connectivity index (χ4n) is 2.30. The van der Waals surface area contributed by atoms with E-state index >= 15 is 0 Å². The maximum Gasteiger partial charge on any atom is 0.221 e. The fraction of sp³-hybridized carbons (Fsp3) is 0.667. The number of aryl methyl sites for hydroxylation is 1. The Morgan fingerprint density at radius 2 is 2.24 bits per heavy atom. The Morgan fingerprint density at radius 3 is 2.82 bits per heavy atom. The minimum absolute atomic E-state index is 0.112. The molecule has 0 amide bonds. The summed E-state index contributed by atoms with van der Waals surface area (Å²) in [6, 6.07) is 0.362. The molecule has 94 valence electrons. The van der Waals surface area contributed by atoms with Crippen molar-refractivity contribution in [2.45, 2.75) is 39.3 Å². The van der Waals surface area contributed by atoms with Crippen LogP contribution in [0.3, 0.4) is 0 Å². The molecule has 5 heteroatoms. The highest BCUT2D eigenvalue weighted by Crippen LogP contribution is 2.44. The van der Waals surface area contributed by atoms with Crippen LogP contribution < -0.4 is 11.1 Å². The highest BCUT2D eigenvalue weighted by Gasteiger charge is 2.48. The minimum Gasteiger partial charge on any atom is -0.381 e. The number of anilines is 2. The molecule has 1 aromatic heterocycles. The monoisotopic (exact) mass is 236 g/mol. The third-order valence-electron chi connectivity index (χ3n) is 3.76. The van der Waals surface area contributed by atoms with Gasteiger partial charge in [-0.1, -0.05) is 13.8 Å². The van der Waals surface area contributed by atoms with Crippen LogP contribution in [0.1, 0.15) is 25.8 Å². The van der Waals surface area contributed by atoms with E-state index in [1.807, 2.05) is 6.92 Å². The summed E-state index contributed by atoms with van der Waals surface area (Å²) in [5, 5.41) is 3.43. The molecule has 1 fully saturated rings. The summed E-state index contributed by atoms with van der Waals surface area (Å²) in [6.45, 7) is 6.37. The van der Waals surface area contributed by atoms with E-state index in [1.54, 1.807) is 13.3 Å². The molecule has 0 bridgehead atoms. The van der Waals surface area contributed by atoms with E-state index in [0.717, 1.165) is 17.8 Å². The second-order valence-electron chi connectivity index (χ2n) is 5.24. The number of hydrogen-bond acceptors (Lipinski definition) is 5. The molecule has 1 saturated carbocycles. The lowest BCUT2D eigenvalue weighted by Crippen LogP contribution is -2.57. The largest absolute Gasteiger partial charge is 0.381 e. The zero-order valence-corrected chi connectivity index (χ0v) is 10.8. The molecule has 0 aliphatic heterocycles. The summed E-state index contributed by atoms with van der Waals surface area (Å²) in [7, 11) is 1.76. The van der Waals surface area contributed by atoms with Crippen molar-refractivity contribution in [2.75, 3.05) is 18.2 Å². The summed E-state index contributed by atoms with van der Waals surface area (Å²) in [4.78, 5) is 8.19. The van der Waals surface area contributed by atoms with Gasteiger partial charge in [-0.05, 0) is 13.3 Å². The van der Waals surface area contributed by atoms with Crippen LogP contribution in [0.15, 0.2) is 6.20 Å². The number of nitrogens with one attached hydrogen (secondary N) is 1. The van der Waals surface area contributed by atoms with Gasteiger partial charge < -0.3 is 15.8 Å². The molecule has 2 unspecified atom stereocenters. The fourth-order valence-corrected chi connectivity index (χ4v) is 2.30. The third-order valence-corrected chi connectivity index (χ3v) is 3.76. The highest BCUT2D eigenvalue weighted by molar-refractivity contribution is 5.47. The van der Waals surface area contributed by atoms with E-state index in [9.17, 15) is 0 Å². The average molecular weight is 236 g/mol. The number of aromatic nitrogens is 2. The molecule has 1 aliphatic rings. The standard InChI is InChI=1S/C12H20N4O/c1-7-6-14-11(13)16-10(7)15-8-5-9(17-4)12(8,2)3/h6,8-9H,5H2,1-4H3,(H3,13,14,15,16). The first-order chi connectivity index (χ1) is 7.95. The first-order valence-electron chi connectivity index (χ1n) is 5.83.